The standard InChI is InChI=1S/C22H26BrClN2O2/c1-4-15(2)25-22(28)16(3)26(14-18-6-5-7-19(23)12-18)21(27)13-17-8-10-20(24)11-9-17/h5-12,15-16H,4,13-14H2,1-3H3,(H,25,28)/t15-,16-/m1/s1. The first-order valence-corrected chi connectivity index (χ1v) is 10.6. The molecule has 0 aliphatic rings. The van der Waals surface area contributed by atoms with Crippen molar-refractivity contribution in [3.8, 4) is 0 Å². The Balaban J connectivity index is 2.22. The summed E-state index contributed by atoms with van der Waals surface area (Å²) in [5.41, 5.74) is 1.82. The Morgan fingerprint density at radius 2 is 1.79 bits per heavy atom. The topological polar surface area (TPSA) is 49.4 Å². The summed E-state index contributed by atoms with van der Waals surface area (Å²) in [6, 6.07) is 14.5. The third-order valence-electron chi connectivity index (χ3n) is 4.68. The van der Waals surface area contributed by atoms with Crippen LogP contribution in [-0.2, 0) is 22.6 Å². The van der Waals surface area contributed by atoms with Crippen LogP contribution in [0.5, 0.6) is 0 Å². The number of carbonyl (C=O) groups is 2. The van der Waals surface area contributed by atoms with Crippen molar-refractivity contribution in [2.24, 2.45) is 0 Å². The third-order valence-corrected chi connectivity index (χ3v) is 5.42. The molecule has 0 aromatic heterocycles. The number of rotatable bonds is 8. The number of benzene rings is 2. The Labute approximate surface area is 180 Å². The molecule has 1 N–H and O–H groups in total. The molecule has 0 saturated carbocycles. The molecule has 0 saturated heterocycles. The monoisotopic (exact) mass is 464 g/mol. The lowest BCUT2D eigenvalue weighted by Crippen LogP contribution is -2.49. The molecule has 0 heterocycles. The van der Waals surface area contributed by atoms with Gasteiger partial charge in [-0.2, -0.15) is 0 Å². The van der Waals surface area contributed by atoms with Gasteiger partial charge in [0.05, 0.1) is 6.42 Å². The SMILES string of the molecule is CC[C@@H](C)NC(=O)[C@@H](C)N(Cc1cccc(Br)c1)C(=O)Cc1ccc(Cl)cc1. The fraction of sp³-hybridized carbons (Fsp3) is 0.364. The average Bonchev–Trinajstić information content (AvgIpc) is 2.67. The second-order valence-corrected chi connectivity index (χ2v) is 8.30. The van der Waals surface area contributed by atoms with Gasteiger partial charge in [0.15, 0.2) is 0 Å². The van der Waals surface area contributed by atoms with E-state index in [1.807, 2.05) is 50.2 Å². The zero-order chi connectivity index (χ0) is 20.7. The molecule has 2 amide bonds. The summed E-state index contributed by atoms with van der Waals surface area (Å²) in [7, 11) is 0. The van der Waals surface area contributed by atoms with Crippen LogP contribution in [0.3, 0.4) is 0 Å². The molecular formula is C22H26BrClN2O2. The van der Waals surface area contributed by atoms with E-state index in [0.717, 1.165) is 22.0 Å². The Hall–Kier alpha value is -1.85. The third kappa shape index (κ3) is 6.64. The lowest BCUT2D eigenvalue weighted by molar-refractivity contribution is -0.140. The maximum atomic E-state index is 13.1. The Bertz CT molecular complexity index is 810. The number of hydrogen-bond donors (Lipinski definition) is 1. The summed E-state index contributed by atoms with van der Waals surface area (Å²) < 4.78 is 0.937. The first-order valence-electron chi connectivity index (χ1n) is 9.39. The van der Waals surface area contributed by atoms with Gasteiger partial charge in [0.25, 0.3) is 0 Å². The van der Waals surface area contributed by atoms with Crippen molar-refractivity contribution in [3.05, 3.63) is 69.2 Å². The van der Waals surface area contributed by atoms with Crippen molar-refractivity contribution in [1.82, 2.24) is 10.2 Å². The molecule has 0 fully saturated rings. The van der Waals surface area contributed by atoms with Crippen LogP contribution in [0.15, 0.2) is 53.0 Å². The van der Waals surface area contributed by atoms with Gasteiger partial charge < -0.3 is 10.2 Å². The molecule has 4 nitrogen and oxygen atoms in total. The normalized spacial score (nSPS) is 12.9. The maximum Gasteiger partial charge on any atom is 0.242 e. The molecule has 0 aliphatic heterocycles. The van der Waals surface area contributed by atoms with Crippen LogP contribution >= 0.6 is 27.5 Å². The maximum absolute atomic E-state index is 13.1. The summed E-state index contributed by atoms with van der Waals surface area (Å²) in [5.74, 6) is -0.247. The van der Waals surface area contributed by atoms with Gasteiger partial charge in [0.2, 0.25) is 11.8 Å². The molecule has 0 radical (unpaired) electrons. The fourth-order valence-corrected chi connectivity index (χ4v) is 3.33. The predicted octanol–water partition coefficient (Wildman–Crippen LogP) is 4.98. The van der Waals surface area contributed by atoms with E-state index in [2.05, 4.69) is 21.2 Å². The van der Waals surface area contributed by atoms with Crippen molar-refractivity contribution < 1.29 is 9.59 Å². The minimum atomic E-state index is -0.576. The van der Waals surface area contributed by atoms with E-state index in [4.69, 9.17) is 11.6 Å². The quantitative estimate of drug-likeness (QED) is 0.598. The molecule has 150 valence electrons. The number of carbonyl (C=O) groups excluding carboxylic acids is 2. The van der Waals surface area contributed by atoms with Gasteiger partial charge in [0, 0.05) is 22.1 Å². The van der Waals surface area contributed by atoms with Crippen LogP contribution in [0.2, 0.25) is 5.02 Å². The molecule has 0 bridgehead atoms. The highest BCUT2D eigenvalue weighted by Crippen LogP contribution is 2.17. The van der Waals surface area contributed by atoms with Crippen LogP contribution in [-0.4, -0.2) is 28.8 Å². The number of hydrogen-bond acceptors (Lipinski definition) is 2. The summed E-state index contributed by atoms with van der Waals surface area (Å²) in [6.45, 7) is 6.11. The Morgan fingerprint density at radius 1 is 1.11 bits per heavy atom. The van der Waals surface area contributed by atoms with E-state index < -0.39 is 6.04 Å². The molecule has 2 atom stereocenters. The molecule has 2 aromatic carbocycles. The van der Waals surface area contributed by atoms with Crippen LogP contribution in [0, 0.1) is 0 Å². The fourth-order valence-electron chi connectivity index (χ4n) is 2.76. The summed E-state index contributed by atoms with van der Waals surface area (Å²) >= 11 is 9.40. The number of nitrogens with one attached hydrogen (secondary N) is 1. The van der Waals surface area contributed by atoms with Crippen molar-refractivity contribution in [2.75, 3.05) is 0 Å². The largest absolute Gasteiger partial charge is 0.352 e. The average molecular weight is 466 g/mol. The smallest absolute Gasteiger partial charge is 0.242 e. The van der Waals surface area contributed by atoms with Gasteiger partial charge >= 0.3 is 0 Å². The molecular weight excluding hydrogens is 440 g/mol. The highest BCUT2D eigenvalue weighted by atomic mass is 79.9. The minimum absolute atomic E-state index is 0.0639. The van der Waals surface area contributed by atoms with Gasteiger partial charge in [-0.05, 0) is 55.7 Å². The van der Waals surface area contributed by atoms with Gasteiger partial charge in [-0.3, -0.25) is 9.59 Å². The molecule has 6 heteroatoms. The predicted molar refractivity (Wildman–Crippen MR) is 117 cm³/mol. The first kappa shape index (κ1) is 22.4. The summed E-state index contributed by atoms with van der Waals surface area (Å²) in [4.78, 5) is 27.4. The van der Waals surface area contributed by atoms with E-state index in [1.165, 1.54) is 0 Å². The molecule has 0 spiro atoms. The molecule has 28 heavy (non-hydrogen) atoms. The lowest BCUT2D eigenvalue weighted by atomic mass is 10.1. The van der Waals surface area contributed by atoms with Gasteiger partial charge in [-0.1, -0.05) is 58.7 Å². The highest BCUT2D eigenvalue weighted by Gasteiger charge is 2.26. The van der Waals surface area contributed by atoms with Gasteiger partial charge in [-0.15, -0.1) is 0 Å². The number of halogens is 2. The Morgan fingerprint density at radius 3 is 2.39 bits per heavy atom. The highest BCUT2D eigenvalue weighted by molar-refractivity contribution is 9.10. The van der Waals surface area contributed by atoms with Gasteiger partial charge in [0.1, 0.15) is 6.04 Å². The second-order valence-electron chi connectivity index (χ2n) is 6.95. The lowest BCUT2D eigenvalue weighted by Gasteiger charge is -2.30. The van der Waals surface area contributed by atoms with Crippen molar-refractivity contribution in [3.63, 3.8) is 0 Å². The minimum Gasteiger partial charge on any atom is -0.352 e. The van der Waals surface area contributed by atoms with E-state index >= 15 is 0 Å². The van der Waals surface area contributed by atoms with Crippen molar-refractivity contribution in [2.45, 2.75) is 52.2 Å². The molecule has 2 aromatic rings. The van der Waals surface area contributed by atoms with E-state index in [1.54, 1.807) is 24.0 Å². The zero-order valence-corrected chi connectivity index (χ0v) is 18.8. The molecule has 2 rings (SSSR count). The number of nitrogens with zero attached hydrogens (tertiary/aromatic N) is 1. The molecule has 0 unspecified atom stereocenters. The molecule has 0 aliphatic carbocycles. The van der Waals surface area contributed by atoms with Crippen LogP contribution < -0.4 is 5.32 Å². The second kappa shape index (κ2) is 10.6. The zero-order valence-electron chi connectivity index (χ0n) is 16.4. The van der Waals surface area contributed by atoms with Crippen LogP contribution in [0.4, 0.5) is 0 Å². The van der Waals surface area contributed by atoms with E-state index in [-0.39, 0.29) is 24.3 Å². The summed E-state index contributed by atoms with van der Waals surface area (Å²) in [5, 5.41) is 3.60. The van der Waals surface area contributed by atoms with Crippen LogP contribution in [0.1, 0.15) is 38.3 Å². The van der Waals surface area contributed by atoms with Gasteiger partial charge in [-0.25, -0.2) is 0 Å². The summed E-state index contributed by atoms with van der Waals surface area (Å²) in [6.07, 6.45) is 1.05. The van der Waals surface area contributed by atoms with Crippen LogP contribution in [0.25, 0.3) is 0 Å². The van der Waals surface area contributed by atoms with E-state index in [0.29, 0.717) is 11.6 Å². The van der Waals surface area contributed by atoms with Crippen molar-refractivity contribution in [1.29, 1.82) is 0 Å². The van der Waals surface area contributed by atoms with E-state index in [9.17, 15) is 9.59 Å². The first-order chi connectivity index (χ1) is 13.3. The van der Waals surface area contributed by atoms with Crippen molar-refractivity contribution >= 4 is 39.3 Å². The Kier molecular flexibility index (Phi) is 8.52. The number of amides is 2.